The van der Waals surface area contributed by atoms with Gasteiger partial charge in [-0.2, -0.15) is 28.6 Å². The van der Waals surface area contributed by atoms with E-state index < -0.39 is 15.0 Å². The number of phenolic OH excluding ortho intramolecular Hbond substituents is 1. The fraction of sp³-hybridized carbons (Fsp3) is 0.0500. The third-order valence-electron chi connectivity index (χ3n) is 9.33. The predicted molar refractivity (Wildman–Crippen MR) is 236 cm³/mol. The summed E-state index contributed by atoms with van der Waals surface area (Å²) in [6, 6.07) is 29.0. The van der Waals surface area contributed by atoms with Crippen LogP contribution in [-0.2, 0) is 28.9 Å². The summed E-state index contributed by atoms with van der Waals surface area (Å²) in [5.74, 6) is 0.227. The number of rotatable bonds is 16. The summed E-state index contributed by atoms with van der Waals surface area (Å²) in [6.07, 6.45) is 0. The van der Waals surface area contributed by atoms with Crippen LogP contribution >= 0.6 is 24.1 Å². The Morgan fingerprint density at radius 2 is 1.22 bits per heavy atom. The largest absolute Gasteiger partial charge is 0.505 e. The van der Waals surface area contributed by atoms with Gasteiger partial charge in [0.2, 0.25) is 0 Å². The van der Waals surface area contributed by atoms with E-state index in [-0.39, 0.29) is 44.1 Å². The Hall–Kier alpha value is -7.17. The molecule has 0 bridgehead atoms. The van der Waals surface area contributed by atoms with Crippen LogP contribution in [0, 0.1) is 0 Å². The minimum absolute atomic E-state index is 0.0183. The molecule has 7 aromatic carbocycles. The molecular weight excluding hydrogens is 909 g/mol. The Kier molecular flexibility index (Phi) is 13.2. The number of phenols is 1. The quantitative estimate of drug-likeness (QED) is 0.0150. The Morgan fingerprint density at radius 1 is 0.631 bits per heavy atom. The Labute approximate surface area is 374 Å². The molecule has 22 nitrogen and oxygen atoms in total. The number of azo groups is 3. The Morgan fingerprint density at radius 3 is 1.86 bits per heavy atom. The molecule has 1 aromatic heterocycles. The molecule has 25 heteroatoms. The van der Waals surface area contributed by atoms with Gasteiger partial charge in [0.25, 0.3) is 10.1 Å². The third-order valence-corrected chi connectivity index (χ3v) is 11.4. The van der Waals surface area contributed by atoms with E-state index in [1.54, 1.807) is 84.9 Å². The van der Waals surface area contributed by atoms with E-state index in [9.17, 15) is 18.1 Å². The van der Waals surface area contributed by atoms with Crippen LogP contribution in [0.25, 0.3) is 38.3 Å². The minimum atomic E-state index is -4.63. The molecule has 8 aromatic rings. The van der Waals surface area contributed by atoms with Crippen molar-refractivity contribution in [3.05, 3.63) is 109 Å². The highest BCUT2D eigenvalue weighted by Crippen LogP contribution is 2.47. The maximum atomic E-state index is 12.1. The van der Waals surface area contributed by atoms with Gasteiger partial charge in [0.15, 0.2) is 5.75 Å². The van der Waals surface area contributed by atoms with Crippen LogP contribution in [0.15, 0.2) is 155 Å². The van der Waals surface area contributed by atoms with Crippen LogP contribution in [0.1, 0.15) is 0 Å². The molecule has 330 valence electrons. The second kappa shape index (κ2) is 19.3. The second-order valence-corrected chi connectivity index (χ2v) is 16.2. The van der Waals surface area contributed by atoms with E-state index in [0.717, 1.165) is 6.07 Å². The fourth-order valence-corrected chi connectivity index (χ4v) is 7.95. The SMILES string of the molecule is COc1cc(N=Nc2c(SOOO)cc3cc(N=Nc4ccc(N)cc4)ccc3c2O)c(OC)cc1N=Nc1ccc(-n2nc3ccc4c(SOOO)cc(S(=O)(=O)O)cc4c3n2)cc1. The van der Waals surface area contributed by atoms with Crippen molar-refractivity contribution in [2.75, 3.05) is 20.0 Å². The summed E-state index contributed by atoms with van der Waals surface area (Å²) in [7, 11) is -1.78. The molecule has 0 saturated carbocycles. The van der Waals surface area contributed by atoms with E-state index in [1.807, 2.05) is 0 Å². The molecule has 0 radical (unpaired) electrons. The summed E-state index contributed by atoms with van der Waals surface area (Å²) in [5, 5.41) is 73.2. The molecule has 65 heavy (non-hydrogen) atoms. The first kappa shape index (κ1) is 44.4. The highest BCUT2D eigenvalue weighted by molar-refractivity contribution is 7.95. The van der Waals surface area contributed by atoms with Gasteiger partial charge < -0.3 is 20.3 Å². The van der Waals surface area contributed by atoms with Crippen LogP contribution in [0.2, 0.25) is 0 Å². The van der Waals surface area contributed by atoms with Crippen molar-refractivity contribution < 1.29 is 56.8 Å². The number of nitrogens with zero attached hydrogens (tertiary/aromatic N) is 9. The molecule has 0 fully saturated rings. The van der Waals surface area contributed by atoms with Gasteiger partial charge in [-0.15, -0.1) is 34.2 Å². The van der Waals surface area contributed by atoms with Crippen molar-refractivity contribution >= 4 is 107 Å². The summed E-state index contributed by atoms with van der Waals surface area (Å²) in [4.78, 5) is 1.35. The third kappa shape index (κ3) is 9.83. The zero-order chi connectivity index (χ0) is 45.7. The highest BCUT2D eigenvalue weighted by Gasteiger charge is 2.20. The topological polar surface area (TPSA) is 301 Å². The van der Waals surface area contributed by atoms with Crippen molar-refractivity contribution in [3.8, 4) is 22.9 Å². The van der Waals surface area contributed by atoms with Gasteiger partial charge in [0.1, 0.15) is 39.6 Å². The van der Waals surface area contributed by atoms with Crippen LogP contribution in [0.3, 0.4) is 0 Å². The molecule has 1 heterocycles. The van der Waals surface area contributed by atoms with Crippen molar-refractivity contribution in [1.82, 2.24) is 15.0 Å². The van der Waals surface area contributed by atoms with Crippen molar-refractivity contribution in [2.24, 2.45) is 30.7 Å². The number of methoxy groups -OCH3 is 2. The van der Waals surface area contributed by atoms with Gasteiger partial charge in [-0.1, -0.05) is 16.1 Å². The summed E-state index contributed by atoms with van der Waals surface area (Å²) in [6.45, 7) is 0. The molecule has 0 saturated heterocycles. The van der Waals surface area contributed by atoms with E-state index in [1.165, 1.54) is 37.2 Å². The molecule has 0 aliphatic carbocycles. The predicted octanol–water partition coefficient (Wildman–Crippen LogP) is 11.4. The van der Waals surface area contributed by atoms with Gasteiger partial charge in [0.05, 0.1) is 70.8 Å². The maximum Gasteiger partial charge on any atom is 0.294 e. The summed E-state index contributed by atoms with van der Waals surface area (Å²) in [5.41, 5.74) is 9.58. The number of anilines is 1. The van der Waals surface area contributed by atoms with E-state index in [2.05, 4.69) is 55.3 Å². The molecule has 0 aliphatic heterocycles. The normalized spacial score (nSPS) is 12.2. The minimum Gasteiger partial charge on any atom is -0.505 e. The average molecular weight is 939 g/mol. The Balaban J connectivity index is 1.04. The number of benzene rings is 7. The number of ether oxygens (including phenoxy) is 2. The number of nitrogens with two attached hydrogens (primary N) is 1. The van der Waals surface area contributed by atoms with Gasteiger partial charge in [-0.3, -0.25) is 4.55 Å². The molecule has 0 amide bonds. The van der Waals surface area contributed by atoms with Crippen LogP contribution in [0.4, 0.5) is 39.8 Å². The lowest BCUT2D eigenvalue weighted by Gasteiger charge is -2.11. The van der Waals surface area contributed by atoms with Crippen LogP contribution in [0.5, 0.6) is 17.2 Å². The first-order chi connectivity index (χ1) is 31.5. The maximum absolute atomic E-state index is 12.1. The first-order valence-corrected chi connectivity index (χ1v) is 21.3. The lowest BCUT2D eigenvalue weighted by atomic mass is 10.1. The van der Waals surface area contributed by atoms with E-state index in [4.69, 9.17) is 30.1 Å². The molecule has 8 rings (SSSR count). The molecule has 0 spiro atoms. The molecule has 0 aliphatic rings. The molecular formula is C40H30N10O12S3. The lowest BCUT2D eigenvalue weighted by Crippen LogP contribution is -1.99. The highest BCUT2D eigenvalue weighted by atomic mass is 32.2. The van der Waals surface area contributed by atoms with Crippen molar-refractivity contribution in [2.45, 2.75) is 14.7 Å². The van der Waals surface area contributed by atoms with Gasteiger partial charge in [-0.25, -0.2) is 10.5 Å². The Bertz CT molecular complexity index is 3280. The summed E-state index contributed by atoms with van der Waals surface area (Å²) >= 11 is 1.11. The number of aromatic hydroxyl groups is 1. The van der Waals surface area contributed by atoms with Crippen molar-refractivity contribution in [1.29, 1.82) is 0 Å². The van der Waals surface area contributed by atoms with Crippen molar-refractivity contribution in [3.63, 3.8) is 0 Å². The standard InChI is InChI=1S/C40H30N10O12S3/c1-57-34-20-33(46-47-39-37(64-62-60-53)16-21-15-25(9-12-28(21)40(39)51)44-42-23-5-3-22(41)4-6-23)35(58-2)19-32(34)45-43-24-7-10-26(11-8-24)50-48-31-14-13-29-30(38(31)49-50)17-27(65(54,55)56)18-36(29)63-61-59-52/h3-20,51-53H,41H2,1-2H3,(H,54,55,56). The summed E-state index contributed by atoms with van der Waals surface area (Å²) < 4.78 is 54.3. The van der Waals surface area contributed by atoms with Gasteiger partial charge >= 0.3 is 0 Å². The number of fused-ring (bicyclic) bond motifs is 4. The zero-order valence-electron chi connectivity index (χ0n) is 33.3. The number of nitrogen functional groups attached to an aromatic ring is 1. The fourth-order valence-electron chi connectivity index (χ4n) is 6.30. The monoisotopic (exact) mass is 938 g/mol. The van der Waals surface area contributed by atoms with E-state index >= 15 is 0 Å². The van der Waals surface area contributed by atoms with Gasteiger partial charge in [0, 0.05) is 38.9 Å². The smallest absolute Gasteiger partial charge is 0.294 e. The molecule has 6 N–H and O–H groups in total. The average Bonchev–Trinajstić information content (AvgIpc) is 3.76. The second-order valence-electron chi connectivity index (χ2n) is 13.2. The van der Waals surface area contributed by atoms with Crippen LogP contribution in [-0.4, -0.2) is 57.8 Å². The lowest BCUT2D eigenvalue weighted by molar-refractivity contribution is -0.432. The van der Waals surface area contributed by atoms with E-state index in [0.29, 0.717) is 85.1 Å². The molecule has 0 unspecified atom stereocenters. The number of aromatic nitrogens is 3. The zero-order valence-corrected chi connectivity index (χ0v) is 35.7. The first-order valence-electron chi connectivity index (χ1n) is 18.3. The van der Waals surface area contributed by atoms with Crippen LogP contribution < -0.4 is 15.2 Å². The number of hydrogen-bond acceptors (Lipinski definition) is 22. The van der Waals surface area contributed by atoms with Gasteiger partial charge in [-0.05, 0) is 96.4 Å². The number of hydrogen-bond donors (Lipinski definition) is 5. The molecule has 0 atom stereocenters.